The Morgan fingerprint density at radius 2 is 1.73 bits per heavy atom. The molecule has 2 aromatic carbocycles. The molecule has 1 saturated carbocycles. The molecule has 3 amide bonds. The Hall–Kier alpha value is -3.56. The van der Waals surface area contributed by atoms with Crippen LogP contribution in [0.3, 0.4) is 0 Å². The molecule has 262 valence electrons. The van der Waals surface area contributed by atoms with Crippen LogP contribution in [-0.2, 0) is 20.8 Å². The number of thioether (sulfide) groups is 1. The fourth-order valence-corrected chi connectivity index (χ4v) is 11.6. The number of aliphatic hydroxyl groups is 1. The summed E-state index contributed by atoms with van der Waals surface area (Å²) in [5.41, 5.74) is 1.69. The van der Waals surface area contributed by atoms with Gasteiger partial charge >= 0.3 is 0 Å². The van der Waals surface area contributed by atoms with Gasteiger partial charge in [0.2, 0.25) is 17.7 Å². The maximum absolute atomic E-state index is 15.2. The average Bonchev–Trinajstić information content (AvgIpc) is 3.72. The van der Waals surface area contributed by atoms with E-state index in [1.54, 1.807) is 33.7 Å². The van der Waals surface area contributed by atoms with E-state index in [0.29, 0.717) is 25.3 Å². The van der Waals surface area contributed by atoms with E-state index in [1.807, 2.05) is 66.4 Å². The standard InChI is InChI=1S/C40H51N3O5S/c1-5-22-41(30-18-20-32(21-19-30)48-7-3)37(45)34-33-24-27(4)40(49-33)35(34)38(46)43(31(26-44)25-28-14-10-8-11-15-28)36(40)39(47)42(23-6-2)29-16-12-9-13-17-29/h5-6,8,10-11,14-15,18-21,27,29,31,33-36,44H,1-2,7,9,12-13,16-17,22-26H2,3-4H3/t27?,31-,33+,34-,35+,36?,40?/m1/s1. The Morgan fingerprint density at radius 3 is 2.37 bits per heavy atom. The summed E-state index contributed by atoms with van der Waals surface area (Å²) in [6.07, 6.45) is 9.78. The van der Waals surface area contributed by atoms with Crippen molar-refractivity contribution in [3.05, 3.63) is 85.5 Å². The van der Waals surface area contributed by atoms with Crippen LogP contribution in [0.15, 0.2) is 79.9 Å². The first-order valence-electron chi connectivity index (χ1n) is 18.0. The van der Waals surface area contributed by atoms with Gasteiger partial charge < -0.3 is 24.5 Å². The number of carbonyl (C=O) groups excluding carboxylic acids is 3. The maximum atomic E-state index is 15.2. The van der Waals surface area contributed by atoms with Gasteiger partial charge in [-0.15, -0.1) is 24.9 Å². The molecule has 2 bridgehead atoms. The summed E-state index contributed by atoms with van der Waals surface area (Å²) >= 11 is 1.68. The van der Waals surface area contributed by atoms with Crippen molar-refractivity contribution in [3.63, 3.8) is 0 Å². The molecule has 1 N–H and O–H groups in total. The first-order chi connectivity index (χ1) is 23.8. The van der Waals surface area contributed by atoms with Gasteiger partial charge in [0.05, 0.1) is 35.8 Å². The van der Waals surface area contributed by atoms with Crippen LogP contribution >= 0.6 is 11.8 Å². The molecule has 3 heterocycles. The average molecular weight is 686 g/mol. The summed E-state index contributed by atoms with van der Waals surface area (Å²) in [6, 6.07) is 15.9. The lowest BCUT2D eigenvalue weighted by molar-refractivity contribution is -0.147. The zero-order valence-electron chi connectivity index (χ0n) is 28.9. The van der Waals surface area contributed by atoms with Gasteiger partial charge in [-0.2, -0.15) is 0 Å². The zero-order chi connectivity index (χ0) is 34.7. The van der Waals surface area contributed by atoms with E-state index in [4.69, 9.17) is 4.74 Å². The van der Waals surface area contributed by atoms with Gasteiger partial charge in [0, 0.05) is 30.1 Å². The molecule has 0 aromatic heterocycles. The van der Waals surface area contributed by atoms with Gasteiger partial charge in [-0.25, -0.2) is 0 Å². The SMILES string of the molecule is C=CCN(C(=O)[C@@H]1[C@@H]2CC(C)C3(S2)C(C(=O)N(CC=C)C2CCCCC2)N([C@@H](CO)Cc2ccccc2)C(=O)[C@H]13)c1ccc(OCC)cc1. The second-order valence-corrected chi connectivity index (χ2v) is 15.6. The summed E-state index contributed by atoms with van der Waals surface area (Å²) < 4.78 is 4.85. The van der Waals surface area contributed by atoms with Crippen LogP contribution in [0.1, 0.15) is 57.9 Å². The summed E-state index contributed by atoms with van der Waals surface area (Å²) in [5.74, 6) is -0.952. The van der Waals surface area contributed by atoms with Gasteiger partial charge in [-0.1, -0.05) is 68.7 Å². The highest BCUT2D eigenvalue weighted by Crippen LogP contribution is 2.69. The highest BCUT2D eigenvalue weighted by atomic mass is 32.2. The third kappa shape index (κ3) is 6.33. The number of anilines is 1. The van der Waals surface area contributed by atoms with Crippen molar-refractivity contribution in [3.8, 4) is 5.75 Å². The minimum atomic E-state index is -0.797. The number of nitrogens with zero attached hydrogens (tertiary/aromatic N) is 3. The monoisotopic (exact) mass is 685 g/mol. The molecule has 4 aliphatic rings. The van der Waals surface area contributed by atoms with Crippen LogP contribution in [0, 0.1) is 17.8 Å². The third-order valence-corrected chi connectivity index (χ3v) is 13.4. The lowest BCUT2D eigenvalue weighted by Crippen LogP contribution is -2.61. The summed E-state index contributed by atoms with van der Waals surface area (Å²) in [5, 5.41) is 10.9. The van der Waals surface area contributed by atoms with Crippen molar-refractivity contribution in [2.45, 2.75) is 86.9 Å². The number of benzene rings is 2. The first kappa shape index (κ1) is 35.3. The van der Waals surface area contributed by atoms with Crippen molar-refractivity contribution in [1.82, 2.24) is 9.80 Å². The van der Waals surface area contributed by atoms with E-state index >= 15 is 9.59 Å². The number of carbonyl (C=O) groups is 3. The molecule has 1 spiro atoms. The van der Waals surface area contributed by atoms with E-state index < -0.39 is 28.7 Å². The molecule has 7 atom stereocenters. The molecule has 4 fully saturated rings. The molecule has 3 saturated heterocycles. The lowest BCUT2D eigenvalue weighted by Gasteiger charge is -2.44. The summed E-state index contributed by atoms with van der Waals surface area (Å²) in [6.45, 7) is 13.0. The van der Waals surface area contributed by atoms with Crippen molar-refractivity contribution >= 4 is 35.2 Å². The van der Waals surface area contributed by atoms with Crippen molar-refractivity contribution in [2.24, 2.45) is 17.8 Å². The summed E-state index contributed by atoms with van der Waals surface area (Å²) in [4.78, 5) is 50.6. The maximum Gasteiger partial charge on any atom is 0.247 e. The van der Waals surface area contributed by atoms with Crippen LogP contribution in [0.25, 0.3) is 0 Å². The number of likely N-dealkylation sites (tertiary alicyclic amines) is 1. The molecular weight excluding hydrogens is 635 g/mol. The zero-order valence-corrected chi connectivity index (χ0v) is 29.7. The number of fused-ring (bicyclic) bond motifs is 1. The number of ether oxygens (including phenoxy) is 1. The number of hydrogen-bond donors (Lipinski definition) is 1. The predicted molar refractivity (Wildman–Crippen MR) is 195 cm³/mol. The Kier molecular flexibility index (Phi) is 10.9. The van der Waals surface area contributed by atoms with Crippen LogP contribution in [0.5, 0.6) is 5.75 Å². The van der Waals surface area contributed by atoms with Crippen molar-refractivity contribution < 1.29 is 24.2 Å². The minimum absolute atomic E-state index is 0.0192. The Balaban J connectivity index is 1.43. The predicted octanol–water partition coefficient (Wildman–Crippen LogP) is 5.89. The van der Waals surface area contributed by atoms with Crippen molar-refractivity contribution in [1.29, 1.82) is 0 Å². The number of rotatable bonds is 14. The molecule has 49 heavy (non-hydrogen) atoms. The Labute approximate surface area is 295 Å². The van der Waals surface area contributed by atoms with E-state index in [-0.39, 0.29) is 48.1 Å². The number of aliphatic hydroxyl groups excluding tert-OH is 1. The molecule has 3 unspecified atom stereocenters. The topological polar surface area (TPSA) is 90.4 Å². The second-order valence-electron chi connectivity index (χ2n) is 14.1. The highest BCUT2D eigenvalue weighted by Gasteiger charge is 2.77. The fraction of sp³-hybridized carbons (Fsp3) is 0.525. The smallest absolute Gasteiger partial charge is 0.247 e. The highest BCUT2D eigenvalue weighted by molar-refractivity contribution is 8.02. The van der Waals surface area contributed by atoms with Crippen LogP contribution in [-0.4, -0.2) is 87.1 Å². The molecule has 6 rings (SSSR count). The molecule has 2 aromatic rings. The fourth-order valence-electron chi connectivity index (χ4n) is 9.18. The van der Waals surface area contributed by atoms with E-state index in [9.17, 15) is 9.90 Å². The largest absolute Gasteiger partial charge is 0.494 e. The number of amides is 3. The number of hydrogen-bond acceptors (Lipinski definition) is 6. The van der Waals surface area contributed by atoms with E-state index in [2.05, 4.69) is 20.1 Å². The van der Waals surface area contributed by atoms with Gasteiger partial charge in [-0.3, -0.25) is 14.4 Å². The lowest BCUT2D eigenvalue weighted by atomic mass is 9.65. The second kappa shape index (κ2) is 15.1. The van der Waals surface area contributed by atoms with E-state index in [1.165, 1.54) is 0 Å². The molecule has 0 radical (unpaired) electrons. The first-order valence-corrected chi connectivity index (χ1v) is 18.9. The van der Waals surface area contributed by atoms with Crippen molar-refractivity contribution in [2.75, 3.05) is 31.2 Å². The molecule has 8 nitrogen and oxygen atoms in total. The quantitative estimate of drug-likeness (QED) is 0.250. The normalized spacial score (nSPS) is 28.2. The van der Waals surface area contributed by atoms with Crippen LogP contribution < -0.4 is 9.64 Å². The van der Waals surface area contributed by atoms with Gasteiger partial charge in [0.1, 0.15) is 11.8 Å². The minimum Gasteiger partial charge on any atom is -0.494 e. The Bertz CT molecular complexity index is 1510. The van der Waals surface area contributed by atoms with Gasteiger partial charge in [-0.05, 0) is 68.4 Å². The molecule has 3 aliphatic heterocycles. The van der Waals surface area contributed by atoms with Crippen LogP contribution in [0.4, 0.5) is 5.69 Å². The van der Waals surface area contributed by atoms with E-state index in [0.717, 1.165) is 49.8 Å². The van der Waals surface area contributed by atoms with Gasteiger partial charge in [0.25, 0.3) is 0 Å². The Morgan fingerprint density at radius 1 is 1.04 bits per heavy atom. The molecule has 9 heteroatoms. The summed E-state index contributed by atoms with van der Waals surface area (Å²) in [7, 11) is 0. The molecule has 1 aliphatic carbocycles. The molecular formula is C40H51N3O5S. The third-order valence-electron chi connectivity index (χ3n) is 11.3. The van der Waals surface area contributed by atoms with Crippen LogP contribution in [0.2, 0.25) is 0 Å². The van der Waals surface area contributed by atoms with Gasteiger partial charge in [0.15, 0.2) is 0 Å².